The molecule has 0 bridgehead atoms. The summed E-state index contributed by atoms with van der Waals surface area (Å²) in [4.78, 5) is 28.4. The zero-order chi connectivity index (χ0) is 18.7. The lowest BCUT2D eigenvalue weighted by Gasteiger charge is -2.48. The molecule has 2 aromatic rings. The normalized spacial score (nSPS) is 22.9. The van der Waals surface area contributed by atoms with E-state index >= 15 is 0 Å². The number of carbonyl (C=O) groups excluding carboxylic acids is 1. The Morgan fingerprint density at radius 1 is 1.26 bits per heavy atom. The van der Waals surface area contributed by atoms with Crippen molar-refractivity contribution in [2.75, 3.05) is 31.1 Å². The molecule has 2 aliphatic heterocycles. The first kappa shape index (κ1) is 17.5. The molecule has 0 aromatic carbocycles. The predicted molar refractivity (Wildman–Crippen MR) is 101 cm³/mol. The molecule has 4 rings (SSSR count). The van der Waals surface area contributed by atoms with Gasteiger partial charge in [0.05, 0.1) is 11.9 Å². The Bertz CT molecular complexity index is 825. The molecule has 2 fully saturated rings. The Kier molecular flexibility index (Phi) is 4.80. The van der Waals surface area contributed by atoms with Gasteiger partial charge in [-0.3, -0.25) is 4.79 Å². The van der Waals surface area contributed by atoms with Crippen molar-refractivity contribution in [3.8, 4) is 6.07 Å². The maximum absolute atomic E-state index is 12.4. The molecule has 2 aliphatic rings. The predicted octanol–water partition coefficient (Wildman–Crippen LogP) is 2.13. The van der Waals surface area contributed by atoms with E-state index in [9.17, 15) is 4.79 Å². The molecular formula is C20H24N6O. The Morgan fingerprint density at radius 3 is 2.93 bits per heavy atom. The standard InChI is InChI=1S/C20H24N6O/c21-10-16-2-3-18(23-11-16)25-8-1-6-20(13-25)7-4-19(27)26(14-20)9-5-17-12-22-15-24-17/h2-3,11-12,15H,1,4-9,13-14H2,(H,22,24)/t20-/m0/s1. The molecule has 1 atom stereocenters. The summed E-state index contributed by atoms with van der Waals surface area (Å²) in [6, 6.07) is 5.87. The second-order valence-electron chi connectivity index (χ2n) is 7.68. The van der Waals surface area contributed by atoms with Gasteiger partial charge in [0, 0.05) is 62.5 Å². The van der Waals surface area contributed by atoms with Crippen molar-refractivity contribution in [1.82, 2.24) is 19.9 Å². The van der Waals surface area contributed by atoms with Gasteiger partial charge < -0.3 is 14.8 Å². The molecule has 27 heavy (non-hydrogen) atoms. The van der Waals surface area contributed by atoms with Crippen LogP contribution in [-0.4, -0.2) is 51.9 Å². The number of aromatic amines is 1. The maximum Gasteiger partial charge on any atom is 0.222 e. The zero-order valence-corrected chi connectivity index (χ0v) is 15.4. The number of H-pyrrole nitrogens is 1. The largest absolute Gasteiger partial charge is 0.356 e. The van der Waals surface area contributed by atoms with Crippen molar-refractivity contribution in [3.05, 3.63) is 42.1 Å². The van der Waals surface area contributed by atoms with Crippen LogP contribution in [0.2, 0.25) is 0 Å². The minimum atomic E-state index is 0.135. The van der Waals surface area contributed by atoms with Gasteiger partial charge in [-0.25, -0.2) is 9.97 Å². The fourth-order valence-electron chi connectivity index (χ4n) is 4.36. The monoisotopic (exact) mass is 364 g/mol. The molecule has 2 saturated heterocycles. The van der Waals surface area contributed by atoms with Crippen molar-refractivity contribution < 1.29 is 4.79 Å². The van der Waals surface area contributed by atoms with Crippen LogP contribution in [0.15, 0.2) is 30.9 Å². The van der Waals surface area contributed by atoms with Gasteiger partial charge in [0.15, 0.2) is 0 Å². The summed E-state index contributed by atoms with van der Waals surface area (Å²) in [5.74, 6) is 1.18. The number of nitriles is 1. The third kappa shape index (κ3) is 3.80. The highest BCUT2D eigenvalue weighted by atomic mass is 16.2. The van der Waals surface area contributed by atoms with Gasteiger partial charge >= 0.3 is 0 Å². The fourth-order valence-corrected chi connectivity index (χ4v) is 4.36. The van der Waals surface area contributed by atoms with Crippen LogP contribution < -0.4 is 4.90 Å². The van der Waals surface area contributed by atoms with E-state index in [0.717, 1.165) is 63.4 Å². The number of imidazole rings is 1. The molecule has 0 radical (unpaired) electrons. The van der Waals surface area contributed by atoms with Gasteiger partial charge in [0.2, 0.25) is 5.91 Å². The number of likely N-dealkylation sites (tertiary alicyclic amines) is 1. The van der Waals surface area contributed by atoms with Gasteiger partial charge in [-0.15, -0.1) is 0 Å². The first-order chi connectivity index (χ1) is 13.2. The van der Waals surface area contributed by atoms with E-state index in [1.807, 2.05) is 23.2 Å². The SMILES string of the molecule is N#Cc1ccc(N2CCC[C@]3(CCC(=O)N(CCc4cnc[nH]4)C3)C2)nc1. The van der Waals surface area contributed by atoms with E-state index in [1.54, 1.807) is 12.5 Å². The second kappa shape index (κ2) is 7.39. The molecule has 2 aromatic heterocycles. The molecule has 140 valence electrons. The van der Waals surface area contributed by atoms with Crippen LogP contribution >= 0.6 is 0 Å². The number of pyridine rings is 1. The first-order valence-corrected chi connectivity index (χ1v) is 9.54. The van der Waals surface area contributed by atoms with Crippen LogP contribution in [0.25, 0.3) is 0 Å². The van der Waals surface area contributed by atoms with Crippen LogP contribution in [0, 0.1) is 16.7 Å². The van der Waals surface area contributed by atoms with Gasteiger partial charge in [0.1, 0.15) is 11.9 Å². The van der Waals surface area contributed by atoms with Crippen LogP contribution in [0.4, 0.5) is 5.82 Å². The molecular weight excluding hydrogens is 340 g/mol. The number of nitrogens with zero attached hydrogens (tertiary/aromatic N) is 5. The van der Waals surface area contributed by atoms with Crippen molar-refractivity contribution in [3.63, 3.8) is 0 Å². The smallest absolute Gasteiger partial charge is 0.222 e. The number of hydrogen-bond donors (Lipinski definition) is 1. The zero-order valence-electron chi connectivity index (χ0n) is 15.4. The Morgan fingerprint density at radius 2 is 2.19 bits per heavy atom. The summed E-state index contributed by atoms with van der Waals surface area (Å²) in [5, 5.41) is 8.96. The van der Waals surface area contributed by atoms with Crippen LogP contribution in [0.3, 0.4) is 0 Å². The minimum Gasteiger partial charge on any atom is -0.356 e. The van der Waals surface area contributed by atoms with Crippen molar-refractivity contribution in [2.45, 2.75) is 32.1 Å². The number of amides is 1. The number of piperidine rings is 2. The molecule has 7 nitrogen and oxygen atoms in total. The topological polar surface area (TPSA) is 88.9 Å². The molecule has 4 heterocycles. The highest BCUT2D eigenvalue weighted by Gasteiger charge is 2.41. The average molecular weight is 364 g/mol. The Hall–Kier alpha value is -2.88. The molecule has 0 aliphatic carbocycles. The van der Waals surface area contributed by atoms with E-state index in [2.05, 4.69) is 25.9 Å². The van der Waals surface area contributed by atoms with Gasteiger partial charge in [-0.1, -0.05) is 0 Å². The Labute approximate surface area is 159 Å². The summed E-state index contributed by atoms with van der Waals surface area (Å²) in [6.45, 7) is 3.44. The summed E-state index contributed by atoms with van der Waals surface area (Å²) in [7, 11) is 0. The van der Waals surface area contributed by atoms with E-state index in [4.69, 9.17) is 5.26 Å². The lowest BCUT2D eigenvalue weighted by Crippen LogP contribution is -2.54. The summed E-state index contributed by atoms with van der Waals surface area (Å²) in [5.41, 5.74) is 1.78. The first-order valence-electron chi connectivity index (χ1n) is 9.54. The van der Waals surface area contributed by atoms with E-state index in [-0.39, 0.29) is 11.3 Å². The van der Waals surface area contributed by atoms with Crippen LogP contribution in [-0.2, 0) is 11.2 Å². The molecule has 1 amide bonds. The quantitative estimate of drug-likeness (QED) is 0.898. The van der Waals surface area contributed by atoms with Gasteiger partial charge in [-0.2, -0.15) is 5.26 Å². The number of aromatic nitrogens is 3. The lowest BCUT2D eigenvalue weighted by atomic mass is 9.73. The summed E-state index contributed by atoms with van der Waals surface area (Å²) in [6.07, 6.45) is 9.76. The van der Waals surface area contributed by atoms with Crippen LogP contribution in [0.1, 0.15) is 36.9 Å². The van der Waals surface area contributed by atoms with Crippen molar-refractivity contribution >= 4 is 11.7 Å². The van der Waals surface area contributed by atoms with E-state index in [1.165, 1.54) is 0 Å². The van der Waals surface area contributed by atoms with E-state index < -0.39 is 0 Å². The number of rotatable bonds is 4. The molecule has 7 heteroatoms. The second-order valence-corrected chi connectivity index (χ2v) is 7.68. The number of nitrogens with one attached hydrogen (secondary N) is 1. The third-order valence-corrected chi connectivity index (χ3v) is 5.82. The van der Waals surface area contributed by atoms with Crippen molar-refractivity contribution in [1.29, 1.82) is 5.26 Å². The highest BCUT2D eigenvalue weighted by Crippen LogP contribution is 2.39. The van der Waals surface area contributed by atoms with E-state index in [0.29, 0.717) is 12.0 Å². The van der Waals surface area contributed by atoms with Crippen LogP contribution in [0.5, 0.6) is 0 Å². The number of anilines is 1. The number of carbonyl (C=O) groups is 1. The summed E-state index contributed by atoms with van der Waals surface area (Å²) >= 11 is 0. The van der Waals surface area contributed by atoms with Gasteiger partial charge in [-0.05, 0) is 31.4 Å². The molecule has 1 spiro atoms. The Balaban J connectivity index is 1.44. The minimum absolute atomic E-state index is 0.135. The average Bonchev–Trinajstić information content (AvgIpc) is 3.23. The summed E-state index contributed by atoms with van der Waals surface area (Å²) < 4.78 is 0. The van der Waals surface area contributed by atoms with Crippen molar-refractivity contribution in [2.24, 2.45) is 5.41 Å². The number of hydrogen-bond acceptors (Lipinski definition) is 5. The molecule has 1 N–H and O–H groups in total. The lowest BCUT2D eigenvalue weighted by molar-refractivity contribution is -0.137. The maximum atomic E-state index is 12.4. The molecule has 0 unspecified atom stereocenters. The highest BCUT2D eigenvalue weighted by molar-refractivity contribution is 5.77. The fraction of sp³-hybridized carbons (Fsp3) is 0.500. The van der Waals surface area contributed by atoms with Gasteiger partial charge in [0.25, 0.3) is 0 Å². The molecule has 0 saturated carbocycles. The third-order valence-electron chi connectivity index (χ3n) is 5.82.